The number of amides is 1. The van der Waals surface area contributed by atoms with Crippen LogP contribution in [0.3, 0.4) is 0 Å². The van der Waals surface area contributed by atoms with E-state index in [1.165, 1.54) is 0 Å². The number of aromatic nitrogens is 2. The minimum atomic E-state index is -0.917. The second-order valence-corrected chi connectivity index (χ2v) is 8.25. The van der Waals surface area contributed by atoms with Gasteiger partial charge in [0.25, 0.3) is 5.91 Å². The molecule has 0 bridgehead atoms. The van der Waals surface area contributed by atoms with E-state index in [1.807, 2.05) is 55.5 Å². The second kappa shape index (κ2) is 9.88. The SMILES string of the molecule is CCCc1nc2cc(N(Cc3ccccc3)C(=O)c3ccc(Cl)cc3)ccc2n1CC(=O)O. The van der Waals surface area contributed by atoms with E-state index in [4.69, 9.17) is 16.6 Å². The number of carboxylic acids is 1. The molecule has 0 fully saturated rings. The van der Waals surface area contributed by atoms with Crippen LogP contribution in [0.2, 0.25) is 5.02 Å². The first-order chi connectivity index (χ1) is 16.0. The standard InChI is InChI=1S/C26H24ClN3O3/c1-2-6-24-28-22-15-21(13-14-23(22)30(24)17-25(31)32)29(16-18-7-4-3-5-8-18)26(33)19-9-11-20(27)12-10-19/h3-5,7-15H,2,6,16-17H2,1H3,(H,31,32). The molecule has 0 saturated carbocycles. The predicted molar refractivity (Wildman–Crippen MR) is 130 cm³/mol. The van der Waals surface area contributed by atoms with E-state index < -0.39 is 5.97 Å². The van der Waals surface area contributed by atoms with E-state index in [9.17, 15) is 14.7 Å². The van der Waals surface area contributed by atoms with Gasteiger partial charge in [0, 0.05) is 22.7 Å². The highest BCUT2D eigenvalue weighted by molar-refractivity contribution is 6.30. The summed E-state index contributed by atoms with van der Waals surface area (Å²) >= 11 is 6.01. The molecule has 0 atom stereocenters. The number of aryl methyl sites for hydroxylation is 1. The van der Waals surface area contributed by atoms with Crippen molar-refractivity contribution in [3.63, 3.8) is 0 Å². The average Bonchev–Trinajstić information content (AvgIpc) is 3.14. The Morgan fingerprint density at radius 1 is 1.03 bits per heavy atom. The molecule has 0 saturated heterocycles. The van der Waals surface area contributed by atoms with E-state index >= 15 is 0 Å². The van der Waals surface area contributed by atoms with Crippen molar-refractivity contribution in [3.05, 3.63) is 94.8 Å². The minimum absolute atomic E-state index is 0.150. The number of aliphatic carboxylic acids is 1. The molecular formula is C26H24ClN3O3. The molecule has 1 aromatic heterocycles. The first kappa shape index (κ1) is 22.6. The average molecular weight is 462 g/mol. The van der Waals surface area contributed by atoms with Gasteiger partial charge in [-0.1, -0.05) is 48.9 Å². The molecule has 1 amide bonds. The number of carbonyl (C=O) groups excluding carboxylic acids is 1. The summed E-state index contributed by atoms with van der Waals surface area (Å²) < 4.78 is 1.73. The van der Waals surface area contributed by atoms with E-state index in [0.717, 1.165) is 23.3 Å². The number of anilines is 1. The van der Waals surface area contributed by atoms with Gasteiger partial charge in [-0.25, -0.2) is 4.98 Å². The molecule has 0 spiro atoms. The Labute approximate surface area is 197 Å². The zero-order valence-corrected chi connectivity index (χ0v) is 19.0. The number of halogens is 1. The normalized spacial score (nSPS) is 11.0. The molecule has 0 unspecified atom stereocenters. The smallest absolute Gasteiger partial charge is 0.323 e. The molecule has 0 radical (unpaired) electrons. The summed E-state index contributed by atoms with van der Waals surface area (Å²) in [6.45, 7) is 2.26. The van der Waals surface area contributed by atoms with Gasteiger partial charge in [-0.2, -0.15) is 0 Å². The molecule has 33 heavy (non-hydrogen) atoms. The molecule has 7 heteroatoms. The summed E-state index contributed by atoms with van der Waals surface area (Å²) in [7, 11) is 0. The molecule has 0 aliphatic rings. The van der Waals surface area contributed by atoms with Gasteiger partial charge in [0.1, 0.15) is 12.4 Å². The lowest BCUT2D eigenvalue weighted by Gasteiger charge is -2.23. The van der Waals surface area contributed by atoms with Crippen LogP contribution in [-0.2, 0) is 24.3 Å². The lowest BCUT2D eigenvalue weighted by molar-refractivity contribution is -0.137. The summed E-state index contributed by atoms with van der Waals surface area (Å²) in [5.74, 6) is -0.348. The van der Waals surface area contributed by atoms with Crippen molar-refractivity contribution in [2.45, 2.75) is 32.9 Å². The van der Waals surface area contributed by atoms with Gasteiger partial charge in [0.15, 0.2) is 0 Å². The fourth-order valence-corrected chi connectivity index (χ4v) is 3.98. The minimum Gasteiger partial charge on any atom is -0.480 e. The molecule has 1 heterocycles. The molecule has 3 aromatic carbocycles. The Morgan fingerprint density at radius 2 is 1.76 bits per heavy atom. The molecule has 6 nitrogen and oxygen atoms in total. The van der Waals surface area contributed by atoms with Crippen molar-refractivity contribution in [2.24, 2.45) is 0 Å². The van der Waals surface area contributed by atoms with Gasteiger partial charge >= 0.3 is 5.97 Å². The number of imidazole rings is 1. The van der Waals surface area contributed by atoms with Crippen molar-refractivity contribution in [1.29, 1.82) is 0 Å². The number of hydrogen-bond acceptors (Lipinski definition) is 3. The maximum atomic E-state index is 13.5. The second-order valence-electron chi connectivity index (χ2n) is 7.81. The highest BCUT2D eigenvalue weighted by Crippen LogP contribution is 2.27. The topological polar surface area (TPSA) is 75.4 Å². The first-order valence-electron chi connectivity index (χ1n) is 10.8. The maximum absolute atomic E-state index is 13.5. The molecule has 4 rings (SSSR count). The Kier molecular flexibility index (Phi) is 6.75. The van der Waals surface area contributed by atoms with Crippen molar-refractivity contribution in [1.82, 2.24) is 9.55 Å². The summed E-state index contributed by atoms with van der Waals surface area (Å²) in [6.07, 6.45) is 1.53. The predicted octanol–water partition coefficient (Wildman–Crippen LogP) is 5.57. The van der Waals surface area contributed by atoms with E-state index in [0.29, 0.717) is 34.8 Å². The van der Waals surface area contributed by atoms with Crippen LogP contribution < -0.4 is 4.90 Å². The molecule has 168 valence electrons. The van der Waals surface area contributed by atoms with Crippen LogP contribution in [-0.4, -0.2) is 26.5 Å². The van der Waals surface area contributed by atoms with Crippen LogP contribution in [0.5, 0.6) is 0 Å². The van der Waals surface area contributed by atoms with Crippen molar-refractivity contribution >= 4 is 40.2 Å². The van der Waals surface area contributed by atoms with Gasteiger partial charge in [0.2, 0.25) is 0 Å². The summed E-state index contributed by atoms with van der Waals surface area (Å²) in [6, 6.07) is 22.1. The van der Waals surface area contributed by atoms with Gasteiger partial charge in [0.05, 0.1) is 17.6 Å². The fraction of sp³-hybridized carbons (Fsp3) is 0.192. The van der Waals surface area contributed by atoms with E-state index in [-0.39, 0.29) is 12.5 Å². The number of hydrogen-bond donors (Lipinski definition) is 1. The lowest BCUT2D eigenvalue weighted by Crippen LogP contribution is -2.30. The van der Waals surface area contributed by atoms with Crippen molar-refractivity contribution in [3.8, 4) is 0 Å². The third kappa shape index (κ3) is 5.07. The Balaban J connectivity index is 1.78. The van der Waals surface area contributed by atoms with E-state index in [2.05, 4.69) is 0 Å². The van der Waals surface area contributed by atoms with Gasteiger partial charge < -0.3 is 14.6 Å². The van der Waals surface area contributed by atoms with Crippen LogP contribution in [0.25, 0.3) is 11.0 Å². The van der Waals surface area contributed by atoms with E-state index in [1.54, 1.807) is 33.7 Å². The Bertz CT molecular complexity index is 1280. The highest BCUT2D eigenvalue weighted by atomic mass is 35.5. The number of rotatable bonds is 8. The quantitative estimate of drug-likeness (QED) is 0.372. The third-order valence-electron chi connectivity index (χ3n) is 5.41. The molecule has 0 aliphatic carbocycles. The lowest BCUT2D eigenvalue weighted by atomic mass is 10.1. The number of nitrogens with zero attached hydrogens (tertiary/aromatic N) is 3. The molecule has 1 N–H and O–H groups in total. The summed E-state index contributed by atoms with van der Waals surface area (Å²) in [4.78, 5) is 31.3. The van der Waals surface area contributed by atoms with Crippen LogP contribution in [0, 0.1) is 0 Å². The molecular weight excluding hydrogens is 438 g/mol. The number of fused-ring (bicyclic) bond motifs is 1. The van der Waals surface area contributed by atoms with Crippen LogP contribution in [0.4, 0.5) is 5.69 Å². The van der Waals surface area contributed by atoms with Gasteiger partial charge in [-0.05, 0) is 54.4 Å². The van der Waals surface area contributed by atoms with Gasteiger partial charge in [-0.3, -0.25) is 9.59 Å². The van der Waals surface area contributed by atoms with Gasteiger partial charge in [-0.15, -0.1) is 0 Å². The fourth-order valence-electron chi connectivity index (χ4n) is 3.86. The zero-order chi connectivity index (χ0) is 23.4. The van der Waals surface area contributed by atoms with Crippen LogP contribution >= 0.6 is 11.6 Å². The number of carboxylic acid groups (broad SMARTS) is 1. The van der Waals surface area contributed by atoms with Crippen molar-refractivity contribution < 1.29 is 14.7 Å². The van der Waals surface area contributed by atoms with Crippen molar-refractivity contribution in [2.75, 3.05) is 4.90 Å². The molecule has 4 aromatic rings. The number of benzene rings is 3. The highest BCUT2D eigenvalue weighted by Gasteiger charge is 2.20. The zero-order valence-electron chi connectivity index (χ0n) is 18.2. The third-order valence-corrected chi connectivity index (χ3v) is 5.66. The van der Waals surface area contributed by atoms with Crippen LogP contribution in [0.1, 0.15) is 35.1 Å². The van der Waals surface area contributed by atoms with Crippen LogP contribution in [0.15, 0.2) is 72.8 Å². The number of carbonyl (C=O) groups is 2. The maximum Gasteiger partial charge on any atom is 0.323 e. The summed E-state index contributed by atoms with van der Waals surface area (Å²) in [5.41, 5.74) is 3.61. The largest absolute Gasteiger partial charge is 0.480 e. The monoisotopic (exact) mass is 461 g/mol. The summed E-state index contributed by atoms with van der Waals surface area (Å²) in [5, 5.41) is 9.92. The Hall–Kier alpha value is -3.64. The molecule has 0 aliphatic heterocycles. The first-order valence-corrected chi connectivity index (χ1v) is 11.2. The Morgan fingerprint density at radius 3 is 2.42 bits per heavy atom.